The number of nitrogens with one attached hydrogen (secondary N) is 2. The summed E-state index contributed by atoms with van der Waals surface area (Å²) in [7, 11) is -3.79. The lowest BCUT2D eigenvalue weighted by Crippen LogP contribution is -2.48. The van der Waals surface area contributed by atoms with E-state index in [1.54, 1.807) is 13.0 Å². The highest BCUT2D eigenvalue weighted by molar-refractivity contribution is 7.89. The van der Waals surface area contributed by atoms with Crippen molar-refractivity contribution in [3.05, 3.63) is 29.6 Å². The average Bonchev–Trinajstić information content (AvgIpc) is 2.67. The third-order valence-electron chi connectivity index (χ3n) is 4.23. The van der Waals surface area contributed by atoms with Gasteiger partial charge in [0.1, 0.15) is 10.7 Å². The molecule has 7 heteroatoms. The lowest BCUT2D eigenvalue weighted by atomic mass is 10.0. The molecule has 118 valence electrons. The summed E-state index contributed by atoms with van der Waals surface area (Å²) in [5.74, 6) is -0.686. The number of rotatable bonds is 3. The molecule has 4 nitrogen and oxygen atoms in total. The fourth-order valence-electron chi connectivity index (χ4n) is 3.39. The van der Waals surface area contributed by atoms with Gasteiger partial charge in [-0.2, -0.15) is 0 Å². The number of benzene rings is 1. The van der Waals surface area contributed by atoms with Crippen molar-refractivity contribution in [3.8, 4) is 0 Å². The molecule has 1 aromatic carbocycles. The van der Waals surface area contributed by atoms with Crippen molar-refractivity contribution >= 4 is 22.4 Å². The molecule has 0 radical (unpaired) electrons. The molecule has 2 fully saturated rings. The van der Waals surface area contributed by atoms with Gasteiger partial charge in [0.05, 0.1) is 0 Å². The summed E-state index contributed by atoms with van der Waals surface area (Å²) in [6, 6.07) is 5.01. The van der Waals surface area contributed by atoms with Gasteiger partial charge in [0.15, 0.2) is 0 Å². The van der Waals surface area contributed by atoms with Crippen LogP contribution >= 0.6 is 12.4 Å². The van der Waals surface area contributed by atoms with Crippen LogP contribution in [-0.2, 0) is 10.0 Å². The molecule has 2 saturated heterocycles. The number of hydrogen-bond donors (Lipinski definition) is 2. The Morgan fingerprint density at radius 3 is 2.43 bits per heavy atom. The first-order valence-corrected chi connectivity index (χ1v) is 8.47. The van der Waals surface area contributed by atoms with Crippen molar-refractivity contribution in [2.75, 3.05) is 0 Å². The molecule has 2 bridgehead atoms. The van der Waals surface area contributed by atoms with Crippen molar-refractivity contribution in [2.24, 2.45) is 0 Å². The van der Waals surface area contributed by atoms with Gasteiger partial charge in [-0.15, -0.1) is 12.4 Å². The molecule has 0 aromatic heterocycles. The van der Waals surface area contributed by atoms with E-state index in [0.29, 0.717) is 17.6 Å². The third kappa shape index (κ3) is 3.39. The Hall–Kier alpha value is -0.690. The van der Waals surface area contributed by atoms with Crippen molar-refractivity contribution in [3.63, 3.8) is 0 Å². The van der Waals surface area contributed by atoms with Crippen LogP contribution in [0, 0.1) is 12.7 Å². The van der Waals surface area contributed by atoms with Crippen LogP contribution in [0.2, 0.25) is 0 Å². The van der Waals surface area contributed by atoms with Crippen LogP contribution in [0.5, 0.6) is 0 Å². The van der Waals surface area contributed by atoms with Crippen LogP contribution < -0.4 is 10.0 Å². The minimum Gasteiger partial charge on any atom is -0.311 e. The third-order valence-corrected chi connectivity index (χ3v) is 5.93. The van der Waals surface area contributed by atoms with Gasteiger partial charge in [-0.05, 0) is 44.2 Å². The minimum absolute atomic E-state index is 0. The summed E-state index contributed by atoms with van der Waals surface area (Å²) in [5.41, 5.74) is 0.439. The second kappa shape index (κ2) is 6.20. The highest BCUT2D eigenvalue weighted by Crippen LogP contribution is 2.28. The van der Waals surface area contributed by atoms with Crippen LogP contribution in [0.4, 0.5) is 4.39 Å². The molecule has 2 N–H and O–H groups in total. The van der Waals surface area contributed by atoms with Gasteiger partial charge in [-0.3, -0.25) is 0 Å². The lowest BCUT2D eigenvalue weighted by molar-refractivity contribution is 0.345. The smallest absolute Gasteiger partial charge is 0.243 e. The number of halogens is 2. The molecule has 2 atom stereocenters. The molecule has 2 heterocycles. The predicted octanol–water partition coefficient (Wildman–Crippen LogP) is 2.12. The second-order valence-electron chi connectivity index (χ2n) is 5.81. The monoisotopic (exact) mass is 334 g/mol. The number of aryl methyl sites for hydroxylation is 1. The number of hydrogen-bond acceptors (Lipinski definition) is 3. The van der Waals surface area contributed by atoms with Crippen LogP contribution in [0.15, 0.2) is 23.1 Å². The van der Waals surface area contributed by atoms with E-state index < -0.39 is 15.8 Å². The van der Waals surface area contributed by atoms with Crippen LogP contribution in [0.1, 0.15) is 31.2 Å². The van der Waals surface area contributed by atoms with Gasteiger partial charge in [-0.1, -0.05) is 12.1 Å². The lowest BCUT2D eigenvalue weighted by Gasteiger charge is -2.29. The molecule has 0 spiro atoms. The first-order chi connectivity index (χ1) is 9.45. The minimum atomic E-state index is -3.79. The molecule has 21 heavy (non-hydrogen) atoms. The van der Waals surface area contributed by atoms with Gasteiger partial charge in [-0.25, -0.2) is 17.5 Å². The Balaban J connectivity index is 0.00000161. The topological polar surface area (TPSA) is 58.2 Å². The van der Waals surface area contributed by atoms with Crippen LogP contribution in [0.3, 0.4) is 0 Å². The summed E-state index contributed by atoms with van der Waals surface area (Å²) < 4.78 is 41.3. The van der Waals surface area contributed by atoms with E-state index in [1.807, 2.05) is 0 Å². The standard InChI is InChI=1S/C14H19FN2O2S.ClH/c1-9-3-2-4-13(15)14(9)20(18,19)17-12-7-10-5-6-11(8-12)16-10;/h2-4,10-12,16-17H,5-8H2,1H3;1H. The Kier molecular flexibility index (Phi) is 4.92. The van der Waals surface area contributed by atoms with E-state index in [0.717, 1.165) is 25.7 Å². The summed E-state index contributed by atoms with van der Waals surface area (Å²) >= 11 is 0. The summed E-state index contributed by atoms with van der Waals surface area (Å²) in [6.07, 6.45) is 3.76. The van der Waals surface area contributed by atoms with Crippen molar-refractivity contribution < 1.29 is 12.8 Å². The largest absolute Gasteiger partial charge is 0.311 e. The molecule has 1 aromatic rings. The SMILES string of the molecule is Cc1cccc(F)c1S(=O)(=O)NC1CC2CCC(C1)N2.Cl. The Morgan fingerprint density at radius 2 is 1.86 bits per heavy atom. The average molecular weight is 335 g/mol. The maximum atomic E-state index is 13.8. The fraction of sp³-hybridized carbons (Fsp3) is 0.571. The Morgan fingerprint density at radius 1 is 1.24 bits per heavy atom. The molecule has 0 amide bonds. The summed E-state index contributed by atoms with van der Waals surface area (Å²) in [6.45, 7) is 1.61. The maximum Gasteiger partial charge on any atom is 0.243 e. The van der Waals surface area contributed by atoms with Gasteiger partial charge < -0.3 is 5.32 Å². The zero-order valence-electron chi connectivity index (χ0n) is 11.8. The molecular formula is C14H20ClFN2O2S. The molecular weight excluding hydrogens is 315 g/mol. The van der Waals surface area contributed by atoms with E-state index in [1.165, 1.54) is 12.1 Å². The summed E-state index contributed by atoms with van der Waals surface area (Å²) in [4.78, 5) is -0.217. The predicted molar refractivity (Wildman–Crippen MR) is 81.7 cm³/mol. The molecule has 0 aliphatic carbocycles. The normalized spacial score (nSPS) is 28.2. The molecule has 2 unspecified atom stereocenters. The van der Waals surface area contributed by atoms with Crippen molar-refractivity contribution in [1.82, 2.24) is 10.0 Å². The fourth-order valence-corrected chi connectivity index (χ4v) is 4.95. The van der Waals surface area contributed by atoms with E-state index in [-0.39, 0.29) is 23.3 Å². The van der Waals surface area contributed by atoms with E-state index in [9.17, 15) is 12.8 Å². The van der Waals surface area contributed by atoms with Crippen molar-refractivity contribution in [1.29, 1.82) is 0 Å². The first-order valence-electron chi connectivity index (χ1n) is 6.99. The van der Waals surface area contributed by atoms with Gasteiger partial charge in [0, 0.05) is 18.1 Å². The Labute approximate surface area is 131 Å². The number of piperidine rings is 1. The van der Waals surface area contributed by atoms with E-state index in [4.69, 9.17) is 0 Å². The van der Waals surface area contributed by atoms with Crippen molar-refractivity contribution in [2.45, 2.75) is 55.6 Å². The highest BCUT2D eigenvalue weighted by atomic mass is 35.5. The molecule has 2 aliphatic heterocycles. The number of sulfonamides is 1. The van der Waals surface area contributed by atoms with Gasteiger partial charge in [0.2, 0.25) is 10.0 Å². The van der Waals surface area contributed by atoms with Crippen LogP contribution in [0.25, 0.3) is 0 Å². The van der Waals surface area contributed by atoms with E-state index in [2.05, 4.69) is 10.0 Å². The zero-order chi connectivity index (χ0) is 14.3. The van der Waals surface area contributed by atoms with E-state index >= 15 is 0 Å². The van der Waals surface area contributed by atoms with Gasteiger partial charge >= 0.3 is 0 Å². The zero-order valence-corrected chi connectivity index (χ0v) is 13.4. The Bertz CT molecular complexity index is 591. The van der Waals surface area contributed by atoms with Gasteiger partial charge in [0.25, 0.3) is 0 Å². The highest BCUT2D eigenvalue weighted by Gasteiger charge is 2.36. The molecule has 3 rings (SSSR count). The quantitative estimate of drug-likeness (QED) is 0.890. The summed E-state index contributed by atoms with van der Waals surface area (Å²) in [5, 5.41) is 3.46. The first kappa shape index (κ1) is 16.7. The maximum absolute atomic E-state index is 13.8. The molecule has 2 aliphatic rings. The number of fused-ring (bicyclic) bond motifs is 2. The second-order valence-corrected chi connectivity index (χ2v) is 7.46. The molecule has 0 saturated carbocycles. The van der Waals surface area contributed by atoms with Crippen LogP contribution in [-0.4, -0.2) is 26.5 Å².